The van der Waals surface area contributed by atoms with E-state index in [0.717, 1.165) is 20.6 Å². The van der Waals surface area contributed by atoms with Gasteiger partial charge in [-0.2, -0.15) is 13.2 Å². The Hall–Kier alpha value is -2.47. The number of methoxy groups -OCH3 is 1. The molecule has 0 unspecified atom stereocenters. The molecular weight excluding hydrogens is 520 g/mol. The first-order valence-corrected chi connectivity index (χ1v) is 9.53. The molecule has 1 aliphatic heterocycles. The molecule has 1 fully saturated rings. The van der Waals surface area contributed by atoms with E-state index in [9.17, 15) is 22.8 Å². The third-order valence-electron chi connectivity index (χ3n) is 4.02. The normalized spacial score (nSPS) is 16.2. The Balaban J connectivity index is 2.02. The molecule has 0 atom stereocenters. The van der Waals surface area contributed by atoms with Gasteiger partial charge in [-0.1, -0.05) is 12.1 Å². The minimum Gasteiger partial charge on any atom is -0.496 e. The smallest absolute Gasteiger partial charge is 0.416 e. The van der Waals surface area contributed by atoms with Crippen LogP contribution >= 0.6 is 34.8 Å². The Morgan fingerprint density at radius 1 is 1.17 bits per heavy atom. The number of benzene rings is 2. The van der Waals surface area contributed by atoms with E-state index in [1.54, 1.807) is 18.2 Å². The third-order valence-corrected chi connectivity index (χ3v) is 5.15. The van der Waals surface area contributed by atoms with Gasteiger partial charge in [0.1, 0.15) is 11.3 Å². The Morgan fingerprint density at radius 3 is 2.52 bits per heavy atom. The van der Waals surface area contributed by atoms with E-state index in [1.165, 1.54) is 25.3 Å². The SMILES string of the molecule is COc1ccc(/C=C2\C(=O)NC(=S)N(c3cccc(C(F)(F)F)c3)C2=O)cc1I. The van der Waals surface area contributed by atoms with Crippen molar-refractivity contribution in [3.63, 3.8) is 0 Å². The van der Waals surface area contributed by atoms with Crippen molar-refractivity contribution in [1.82, 2.24) is 5.32 Å². The van der Waals surface area contributed by atoms with Crippen LogP contribution in [-0.4, -0.2) is 24.0 Å². The average Bonchev–Trinajstić information content (AvgIpc) is 2.65. The first kappa shape index (κ1) is 21.2. The van der Waals surface area contributed by atoms with Crippen LogP contribution in [0.4, 0.5) is 18.9 Å². The topological polar surface area (TPSA) is 58.6 Å². The van der Waals surface area contributed by atoms with Crippen molar-refractivity contribution in [1.29, 1.82) is 0 Å². The number of nitrogens with one attached hydrogen (secondary N) is 1. The molecule has 3 rings (SSSR count). The second-order valence-corrected chi connectivity index (χ2v) is 7.45. The van der Waals surface area contributed by atoms with Crippen LogP contribution in [0.5, 0.6) is 5.75 Å². The second-order valence-electron chi connectivity index (χ2n) is 5.90. The molecule has 0 bridgehead atoms. The highest BCUT2D eigenvalue weighted by Crippen LogP contribution is 2.33. The van der Waals surface area contributed by atoms with Crippen molar-refractivity contribution >= 4 is 63.5 Å². The molecule has 29 heavy (non-hydrogen) atoms. The molecule has 1 N–H and O–H groups in total. The summed E-state index contributed by atoms with van der Waals surface area (Å²) in [6.45, 7) is 0. The number of hydrogen-bond donors (Lipinski definition) is 1. The fraction of sp³-hybridized carbons (Fsp3) is 0.105. The maximum Gasteiger partial charge on any atom is 0.416 e. The highest BCUT2D eigenvalue weighted by Gasteiger charge is 2.36. The predicted molar refractivity (Wildman–Crippen MR) is 113 cm³/mol. The molecule has 2 amide bonds. The van der Waals surface area contributed by atoms with Crippen LogP contribution in [0.3, 0.4) is 0 Å². The Kier molecular flexibility index (Phi) is 5.94. The zero-order chi connectivity index (χ0) is 21.3. The van der Waals surface area contributed by atoms with Crippen LogP contribution in [0, 0.1) is 3.57 Å². The van der Waals surface area contributed by atoms with Gasteiger partial charge in [-0.15, -0.1) is 0 Å². The van der Waals surface area contributed by atoms with Crippen LogP contribution < -0.4 is 15.0 Å². The van der Waals surface area contributed by atoms with Crippen molar-refractivity contribution < 1.29 is 27.5 Å². The largest absolute Gasteiger partial charge is 0.496 e. The van der Waals surface area contributed by atoms with Crippen molar-refractivity contribution in [3.8, 4) is 5.75 Å². The lowest BCUT2D eigenvalue weighted by atomic mass is 10.1. The number of alkyl halides is 3. The summed E-state index contributed by atoms with van der Waals surface area (Å²) in [5.41, 5.74) is -0.731. The van der Waals surface area contributed by atoms with E-state index in [1.807, 2.05) is 22.6 Å². The predicted octanol–water partition coefficient (Wildman–Crippen LogP) is 4.15. The standard InChI is InChI=1S/C19H12F3IN2O3S/c1-28-15-6-5-10(8-14(15)23)7-13-16(26)24-18(29)25(17(13)27)12-4-2-3-11(9-12)19(20,21)22/h2-9H,1H3,(H,24,26,29)/b13-7+. The highest BCUT2D eigenvalue weighted by atomic mass is 127. The summed E-state index contributed by atoms with van der Waals surface area (Å²) >= 11 is 7.06. The molecule has 1 saturated heterocycles. The van der Waals surface area contributed by atoms with Crippen LogP contribution in [0.25, 0.3) is 6.08 Å². The molecule has 1 aliphatic rings. The number of ether oxygens (including phenoxy) is 1. The number of carbonyl (C=O) groups excluding carboxylic acids is 2. The van der Waals surface area contributed by atoms with Gasteiger partial charge in [-0.05, 0) is 76.8 Å². The number of thiocarbonyl (C=S) groups is 1. The fourth-order valence-electron chi connectivity index (χ4n) is 2.65. The Labute approximate surface area is 182 Å². The number of nitrogens with zero attached hydrogens (tertiary/aromatic N) is 1. The zero-order valence-corrected chi connectivity index (χ0v) is 17.7. The number of carbonyl (C=O) groups is 2. The fourth-order valence-corrected chi connectivity index (χ4v) is 3.69. The summed E-state index contributed by atoms with van der Waals surface area (Å²) in [5.74, 6) is -0.920. The van der Waals surface area contributed by atoms with Crippen LogP contribution in [0.15, 0.2) is 48.0 Å². The van der Waals surface area contributed by atoms with E-state index in [-0.39, 0.29) is 16.4 Å². The van der Waals surface area contributed by atoms with Gasteiger partial charge in [0, 0.05) is 0 Å². The summed E-state index contributed by atoms with van der Waals surface area (Å²) in [5, 5.41) is 2.05. The highest BCUT2D eigenvalue weighted by molar-refractivity contribution is 14.1. The molecule has 1 heterocycles. The Bertz CT molecular complexity index is 1050. The van der Waals surface area contributed by atoms with E-state index in [0.29, 0.717) is 11.3 Å². The molecular formula is C19H12F3IN2O3S. The third kappa shape index (κ3) is 4.42. The number of amides is 2. The van der Waals surface area contributed by atoms with Gasteiger partial charge in [-0.25, -0.2) is 0 Å². The second kappa shape index (κ2) is 8.11. The molecule has 2 aromatic carbocycles. The summed E-state index contributed by atoms with van der Waals surface area (Å²) in [4.78, 5) is 26.1. The van der Waals surface area contributed by atoms with Gasteiger partial charge in [-0.3, -0.25) is 19.8 Å². The van der Waals surface area contributed by atoms with Crippen molar-refractivity contribution in [2.24, 2.45) is 0 Å². The lowest BCUT2D eigenvalue weighted by Gasteiger charge is -2.29. The summed E-state index contributed by atoms with van der Waals surface area (Å²) in [7, 11) is 1.52. The van der Waals surface area contributed by atoms with Crippen molar-refractivity contribution in [2.75, 3.05) is 12.0 Å². The average molecular weight is 532 g/mol. The lowest BCUT2D eigenvalue weighted by Crippen LogP contribution is -2.54. The number of rotatable bonds is 3. The van der Waals surface area contributed by atoms with Gasteiger partial charge >= 0.3 is 6.18 Å². The summed E-state index contributed by atoms with van der Waals surface area (Å²) < 4.78 is 45.0. The number of hydrogen-bond acceptors (Lipinski definition) is 4. The summed E-state index contributed by atoms with van der Waals surface area (Å²) in [6, 6.07) is 9.19. The van der Waals surface area contributed by atoms with Crippen molar-refractivity contribution in [3.05, 3.63) is 62.7 Å². The van der Waals surface area contributed by atoms with E-state index < -0.39 is 23.6 Å². The van der Waals surface area contributed by atoms with Gasteiger partial charge in [0.15, 0.2) is 5.11 Å². The number of halogens is 4. The van der Waals surface area contributed by atoms with Gasteiger partial charge < -0.3 is 4.74 Å². The molecule has 0 spiro atoms. The maximum atomic E-state index is 13.0. The lowest BCUT2D eigenvalue weighted by molar-refractivity contribution is -0.137. The molecule has 5 nitrogen and oxygen atoms in total. The van der Waals surface area contributed by atoms with Gasteiger partial charge in [0.05, 0.1) is 21.9 Å². The molecule has 0 aromatic heterocycles. The van der Waals surface area contributed by atoms with E-state index in [4.69, 9.17) is 17.0 Å². The first-order valence-electron chi connectivity index (χ1n) is 8.04. The molecule has 150 valence electrons. The molecule has 10 heteroatoms. The Morgan fingerprint density at radius 2 is 1.90 bits per heavy atom. The minimum absolute atomic E-state index is 0.0926. The first-order chi connectivity index (χ1) is 13.6. The zero-order valence-electron chi connectivity index (χ0n) is 14.7. The van der Waals surface area contributed by atoms with Gasteiger partial charge in [0.2, 0.25) is 0 Å². The molecule has 0 aliphatic carbocycles. The van der Waals surface area contributed by atoms with Crippen LogP contribution in [-0.2, 0) is 15.8 Å². The van der Waals surface area contributed by atoms with E-state index in [2.05, 4.69) is 5.32 Å². The molecule has 0 saturated carbocycles. The molecule has 2 aromatic rings. The summed E-state index contributed by atoms with van der Waals surface area (Å²) in [6.07, 6.45) is -3.24. The van der Waals surface area contributed by atoms with Crippen molar-refractivity contribution in [2.45, 2.75) is 6.18 Å². The van der Waals surface area contributed by atoms with Crippen LogP contribution in [0.1, 0.15) is 11.1 Å². The molecule has 0 radical (unpaired) electrons. The maximum absolute atomic E-state index is 13.0. The van der Waals surface area contributed by atoms with Crippen LogP contribution in [0.2, 0.25) is 0 Å². The quantitative estimate of drug-likeness (QED) is 0.280. The monoisotopic (exact) mass is 532 g/mol. The van der Waals surface area contributed by atoms with Gasteiger partial charge in [0.25, 0.3) is 11.8 Å². The minimum atomic E-state index is -4.59. The number of anilines is 1. The van der Waals surface area contributed by atoms with E-state index >= 15 is 0 Å².